The molecule has 0 aliphatic rings. The monoisotopic (exact) mass is 486 g/mol. The molecule has 5 nitrogen and oxygen atoms in total. The Morgan fingerprint density at radius 1 is 1.17 bits per heavy atom. The summed E-state index contributed by atoms with van der Waals surface area (Å²) in [5.74, 6) is -2.82. The molecule has 0 unspecified atom stereocenters. The number of carbonyl (C=O) groups is 1. The van der Waals surface area contributed by atoms with Crippen LogP contribution in [0.25, 0.3) is 0 Å². The van der Waals surface area contributed by atoms with Gasteiger partial charge in [-0.2, -0.15) is 0 Å². The quantitative estimate of drug-likeness (QED) is 0.322. The Morgan fingerprint density at radius 3 is 2.45 bits per heavy atom. The smallest absolute Gasteiger partial charge is 0.272 e. The summed E-state index contributed by atoms with van der Waals surface area (Å²) in [6.45, 7) is 1.96. The summed E-state index contributed by atoms with van der Waals surface area (Å²) < 4.78 is 54.2. The zero-order valence-electron chi connectivity index (χ0n) is 16.0. The van der Waals surface area contributed by atoms with Crippen molar-refractivity contribution in [2.24, 2.45) is 0 Å². The van der Waals surface area contributed by atoms with Gasteiger partial charge >= 0.3 is 0 Å². The van der Waals surface area contributed by atoms with E-state index in [4.69, 9.17) is 0 Å². The molecule has 29 heavy (non-hydrogen) atoms. The Hall–Kier alpha value is -2.26. The minimum atomic E-state index is -4.45. The molecule has 1 amide bonds. The number of hydrogen-bond acceptors (Lipinski definition) is 3. The molecule has 0 bridgehead atoms. The number of unbranched alkanes of at least 4 members (excludes halogenated alkanes) is 2. The first-order valence-corrected chi connectivity index (χ1v) is 11.1. The number of sulfonamides is 1. The molecule has 0 atom stereocenters. The van der Waals surface area contributed by atoms with Gasteiger partial charge in [-0.3, -0.25) is 9.10 Å². The van der Waals surface area contributed by atoms with Crippen molar-refractivity contribution in [1.82, 2.24) is 4.31 Å². The standard InChI is InChI=1S/C20H21BrF2N2O3S/c1-3-4-6-11-18(20(26)24-14-9-7-5-8-10-14)25(2)29(27,28)19-12-15(21)16(22)13-17(19)23/h5,7-13H,3-4,6H2,1-2H3,(H,24,26)/b18-11+. The number of nitrogens with one attached hydrogen (secondary N) is 1. The third-order valence-electron chi connectivity index (χ3n) is 4.11. The minimum Gasteiger partial charge on any atom is -0.321 e. The first kappa shape index (κ1) is 23.0. The van der Waals surface area contributed by atoms with Crippen LogP contribution in [0.15, 0.2) is 63.6 Å². The molecule has 2 aromatic carbocycles. The number of carbonyl (C=O) groups excluding carboxylic acids is 1. The van der Waals surface area contributed by atoms with Crippen molar-refractivity contribution >= 4 is 37.5 Å². The lowest BCUT2D eigenvalue weighted by Gasteiger charge is -2.22. The fraction of sp³-hybridized carbons (Fsp3) is 0.250. The Kier molecular flexibility index (Phi) is 7.92. The van der Waals surface area contributed by atoms with Gasteiger partial charge in [0, 0.05) is 18.8 Å². The van der Waals surface area contributed by atoms with E-state index < -0.39 is 32.5 Å². The molecular weight excluding hydrogens is 466 g/mol. The van der Waals surface area contributed by atoms with Crippen LogP contribution in [0.5, 0.6) is 0 Å². The van der Waals surface area contributed by atoms with Crippen LogP contribution in [0.4, 0.5) is 14.5 Å². The van der Waals surface area contributed by atoms with E-state index in [2.05, 4.69) is 21.2 Å². The number of halogens is 3. The van der Waals surface area contributed by atoms with E-state index >= 15 is 0 Å². The van der Waals surface area contributed by atoms with Crippen LogP contribution in [0.3, 0.4) is 0 Å². The average molecular weight is 487 g/mol. The van der Waals surface area contributed by atoms with Crippen molar-refractivity contribution in [3.8, 4) is 0 Å². The lowest BCUT2D eigenvalue weighted by Crippen LogP contribution is -2.33. The van der Waals surface area contributed by atoms with Crippen molar-refractivity contribution < 1.29 is 22.0 Å². The number of anilines is 1. The maximum Gasteiger partial charge on any atom is 0.272 e. The Labute approximate surface area is 177 Å². The van der Waals surface area contributed by atoms with Gasteiger partial charge in [0.25, 0.3) is 15.9 Å². The van der Waals surface area contributed by atoms with Crippen LogP contribution in [-0.4, -0.2) is 25.7 Å². The van der Waals surface area contributed by atoms with E-state index in [0.717, 1.165) is 26.0 Å². The van der Waals surface area contributed by atoms with Crippen molar-refractivity contribution in [2.45, 2.75) is 31.1 Å². The van der Waals surface area contributed by atoms with E-state index in [-0.39, 0.29) is 10.2 Å². The SMILES string of the molecule is CCCC/C=C(\C(=O)Nc1ccccc1)N(C)S(=O)(=O)c1cc(Br)c(F)cc1F. The van der Waals surface area contributed by atoms with Crippen molar-refractivity contribution in [2.75, 3.05) is 12.4 Å². The molecule has 0 aliphatic carbocycles. The molecule has 0 radical (unpaired) electrons. The van der Waals surface area contributed by atoms with Gasteiger partial charge in [-0.25, -0.2) is 17.2 Å². The molecule has 0 spiro atoms. The summed E-state index contributed by atoms with van der Waals surface area (Å²) in [7, 11) is -3.29. The summed E-state index contributed by atoms with van der Waals surface area (Å²) in [5.41, 5.74) is 0.336. The second kappa shape index (κ2) is 9.98. The number of likely N-dealkylation sites (N-methyl/N-ethyl adjacent to an activating group) is 1. The van der Waals surface area contributed by atoms with Crippen molar-refractivity contribution in [1.29, 1.82) is 0 Å². The molecule has 2 aromatic rings. The van der Waals surface area contributed by atoms with Crippen LogP contribution < -0.4 is 5.32 Å². The van der Waals surface area contributed by atoms with Gasteiger partial charge in [-0.1, -0.05) is 37.6 Å². The molecule has 0 aromatic heterocycles. The summed E-state index contributed by atoms with van der Waals surface area (Å²) in [5, 5.41) is 2.63. The van der Waals surface area contributed by atoms with Gasteiger partial charge in [-0.05, 0) is 47.0 Å². The average Bonchev–Trinajstić information content (AvgIpc) is 2.68. The fourth-order valence-electron chi connectivity index (χ4n) is 2.50. The molecule has 1 N–H and O–H groups in total. The van der Waals surface area contributed by atoms with Crippen LogP contribution in [-0.2, 0) is 14.8 Å². The summed E-state index contributed by atoms with van der Waals surface area (Å²) >= 11 is 2.86. The van der Waals surface area contributed by atoms with Crippen molar-refractivity contribution in [3.05, 3.63) is 70.3 Å². The molecular formula is C20H21BrF2N2O3S. The minimum absolute atomic E-state index is 0.151. The number of amides is 1. The normalized spacial score (nSPS) is 12.0. The molecule has 156 valence electrons. The Morgan fingerprint density at radius 2 is 1.83 bits per heavy atom. The molecule has 0 aliphatic heterocycles. The largest absolute Gasteiger partial charge is 0.321 e. The number of rotatable bonds is 8. The zero-order valence-corrected chi connectivity index (χ0v) is 18.4. The first-order valence-electron chi connectivity index (χ1n) is 8.88. The second-order valence-electron chi connectivity index (χ2n) is 6.22. The highest BCUT2D eigenvalue weighted by molar-refractivity contribution is 9.10. The van der Waals surface area contributed by atoms with Gasteiger partial charge < -0.3 is 5.32 Å². The van der Waals surface area contributed by atoms with Gasteiger partial charge in [0.15, 0.2) is 0 Å². The van der Waals surface area contributed by atoms with Gasteiger partial charge in [0.05, 0.1) is 4.47 Å². The van der Waals surface area contributed by atoms with Crippen LogP contribution in [0.2, 0.25) is 0 Å². The maximum absolute atomic E-state index is 14.2. The fourth-order valence-corrected chi connectivity index (χ4v) is 4.28. The molecule has 0 saturated carbocycles. The number of allylic oxidation sites excluding steroid dienone is 1. The predicted octanol–water partition coefficient (Wildman–Crippen LogP) is 5.06. The van der Waals surface area contributed by atoms with Crippen LogP contribution >= 0.6 is 15.9 Å². The lowest BCUT2D eigenvalue weighted by molar-refractivity contribution is -0.113. The third kappa shape index (κ3) is 5.63. The third-order valence-corrected chi connectivity index (χ3v) is 6.51. The van der Waals surface area contributed by atoms with E-state index in [1.165, 1.54) is 6.08 Å². The predicted molar refractivity (Wildman–Crippen MR) is 112 cm³/mol. The molecule has 0 heterocycles. The van der Waals surface area contributed by atoms with E-state index in [1.807, 2.05) is 6.92 Å². The number of hydrogen-bond donors (Lipinski definition) is 1. The van der Waals surface area contributed by atoms with Gasteiger partial charge in [0.1, 0.15) is 22.2 Å². The van der Waals surface area contributed by atoms with Gasteiger partial charge in [-0.15, -0.1) is 0 Å². The summed E-state index contributed by atoms with van der Waals surface area (Å²) in [6, 6.07) is 9.87. The van der Waals surface area contributed by atoms with Crippen molar-refractivity contribution in [3.63, 3.8) is 0 Å². The Balaban J connectivity index is 2.43. The molecule has 0 fully saturated rings. The summed E-state index contributed by atoms with van der Waals surface area (Å²) in [4.78, 5) is 12.0. The van der Waals surface area contributed by atoms with Crippen LogP contribution in [0, 0.1) is 11.6 Å². The van der Waals surface area contributed by atoms with E-state index in [1.54, 1.807) is 30.3 Å². The lowest BCUT2D eigenvalue weighted by atomic mass is 10.2. The summed E-state index contributed by atoms with van der Waals surface area (Å²) in [6.07, 6.45) is 3.55. The molecule has 9 heteroatoms. The highest BCUT2D eigenvalue weighted by Crippen LogP contribution is 2.27. The topological polar surface area (TPSA) is 66.5 Å². The zero-order chi connectivity index (χ0) is 21.6. The van der Waals surface area contributed by atoms with Crippen LogP contribution in [0.1, 0.15) is 26.2 Å². The highest BCUT2D eigenvalue weighted by atomic mass is 79.9. The number of para-hydroxylation sites is 1. The number of benzene rings is 2. The number of nitrogens with zero attached hydrogens (tertiary/aromatic N) is 1. The Bertz CT molecular complexity index is 1010. The molecule has 2 rings (SSSR count). The second-order valence-corrected chi connectivity index (χ2v) is 9.01. The molecule has 0 saturated heterocycles. The highest BCUT2D eigenvalue weighted by Gasteiger charge is 2.30. The van der Waals surface area contributed by atoms with E-state index in [0.29, 0.717) is 22.5 Å². The van der Waals surface area contributed by atoms with E-state index in [9.17, 15) is 22.0 Å². The maximum atomic E-state index is 14.2. The first-order chi connectivity index (χ1) is 13.7. The van der Waals surface area contributed by atoms with Gasteiger partial charge in [0.2, 0.25) is 0 Å².